The number of carbonyl (C=O) groups is 1. The Kier molecular flexibility index (Phi) is 5.45. The van der Waals surface area contributed by atoms with Gasteiger partial charge in [-0.05, 0) is 31.2 Å². The van der Waals surface area contributed by atoms with Crippen molar-refractivity contribution >= 4 is 39.8 Å². The van der Waals surface area contributed by atoms with Crippen molar-refractivity contribution in [3.8, 4) is 5.69 Å². The SMILES string of the molecule is Cc1cc(NC(=O)CSCc2cc(=O)n3ccsc3n2)n(-c2ccc(F)cc2)n1. The van der Waals surface area contributed by atoms with E-state index < -0.39 is 0 Å². The van der Waals surface area contributed by atoms with E-state index in [4.69, 9.17) is 0 Å². The average molecular weight is 430 g/mol. The number of aromatic nitrogens is 4. The van der Waals surface area contributed by atoms with E-state index in [2.05, 4.69) is 15.4 Å². The number of rotatable bonds is 6. The van der Waals surface area contributed by atoms with Crippen molar-refractivity contribution in [2.75, 3.05) is 11.1 Å². The molecule has 7 nitrogen and oxygen atoms in total. The molecule has 0 unspecified atom stereocenters. The Bertz CT molecular complexity index is 1230. The van der Waals surface area contributed by atoms with Crippen LogP contribution in [0.1, 0.15) is 11.4 Å². The fourth-order valence-corrected chi connectivity index (χ4v) is 4.21. The topological polar surface area (TPSA) is 81.3 Å². The predicted octanol–water partition coefficient (Wildman–Crippen LogP) is 3.26. The van der Waals surface area contributed by atoms with Crippen molar-refractivity contribution in [2.45, 2.75) is 12.7 Å². The molecule has 0 aliphatic carbocycles. The van der Waals surface area contributed by atoms with Gasteiger partial charge in [-0.2, -0.15) is 5.10 Å². The van der Waals surface area contributed by atoms with Crippen LogP contribution in [0.15, 0.2) is 52.8 Å². The third-order valence-electron chi connectivity index (χ3n) is 4.01. The number of nitrogens with one attached hydrogen (secondary N) is 1. The second-order valence-electron chi connectivity index (χ2n) is 6.24. The van der Waals surface area contributed by atoms with Gasteiger partial charge < -0.3 is 5.32 Å². The molecule has 1 aromatic carbocycles. The minimum absolute atomic E-state index is 0.130. The predicted molar refractivity (Wildman–Crippen MR) is 112 cm³/mol. The van der Waals surface area contributed by atoms with E-state index in [1.165, 1.54) is 45.7 Å². The Balaban J connectivity index is 1.40. The van der Waals surface area contributed by atoms with Crippen LogP contribution in [0.4, 0.5) is 10.2 Å². The molecule has 4 aromatic rings. The molecule has 3 aromatic heterocycles. The van der Waals surface area contributed by atoms with Crippen LogP contribution in [0, 0.1) is 12.7 Å². The lowest BCUT2D eigenvalue weighted by Gasteiger charge is -2.09. The highest BCUT2D eigenvalue weighted by Crippen LogP contribution is 2.18. The lowest BCUT2D eigenvalue weighted by molar-refractivity contribution is -0.113. The van der Waals surface area contributed by atoms with Gasteiger partial charge in [-0.3, -0.25) is 14.0 Å². The number of hydrogen-bond donors (Lipinski definition) is 1. The molecular formula is C19H16FN5O2S2. The molecule has 0 atom stereocenters. The summed E-state index contributed by atoms with van der Waals surface area (Å²) in [7, 11) is 0. The number of fused-ring (bicyclic) bond motifs is 1. The molecule has 0 saturated carbocycles. The Morgan fingerprint density at radius 1 is 1.28 bits per heavy atom. The highest BCUT2D eigenvalue weighted by molar-refractivity contribution is 7.99. The summed E-state index contributed by atoms with van der Waals surface area (Å²) >= 11 is 2.76. The summed E-state index contributed by atoms with van der Waals surface area (Å²) in [6.45, 7) is 1.81. The quantitative estimate of drug-likeness (QED) is 0.509. The van der Waals surface area contributed by atoms with Gasteiger partial charge >= 0.3 is 0 Å². The van der Waals surface area contributed by atoms with Gasteiger partial charge in [-0.1, -0.05) is 0 Å². The van der Waals surface area contributed by atoms with Crippen molar-refractivity contribution in [2.24, 2.45) is 0 Å². The molecule has 0 bridgehead atoms. The molecule has 0 saturated heterocycles. The molecule has 3 heterocycles. The number of hydrogen-bond acceptors (Lipinski definition) is 6. The van der Waals surface area contributed by atoms with Crippen LogP contribution >= 0.6 is 23.1 Å². The molecule has 1 amide bonds. The maximum absolute atomic E-state index is 13.2. The zero-order valence-corrected chi connectivity index (χ0v) is 17.0. The standard InChI is InChI=1S/C19H16FN5O2S2/c1-12-8-16(25(23-12)15-4-2-13(20)3-5-15)22-17(26)11-28-10-14-9-18(27)24-6-7-29-19(24)21-14/h2-9H,10-11H2,1H3,(H,22,26). The number of halogens is 1. The van der Waals surface area contributed by atoms with E-state index in [9.17, 15) is 14.0 Å². The average Bonchev–Trinajstić information content (AvgIpc) is 3.29. The Morgan fingerprint density at radius 3 is 2.86 bits per heavy atom. The number of amides is 1. The van der Waals surface area contributed by atoms with Gasteiger partial charge in [0, 0.05) is 29.5 Å². The van der Waals surface area contributed by atoms with Crippen LogP contribution in [-0.4, -0.2) is 30.8 Å². The monoisotopic (exact) mass is 429 g/mol. The van der Waals surface area contributed by atoms with E-state index in [0.717, 1.165) is 5.69 Å². The molecule has 0 aliphatic rings. The number of nitrogens with zero attached hydrogens (tertiary/aromatic N) is 4. The lowest BCUT2D eigenvalue weighted by atomic mass is 10.3. The van der Waals surface area contributed by atoms with E-state index in [1.54, 1.807) is 34.5 Å². The number of benzene rings is 1. The second kappa shape index (κ2) is 8.18. The fraction of sp³-hybridized carbons (Fsp3) is 0.158. The van der Waals surface area contributed by atoms with Crippen molar-refractivity contribution in [3.63, 3.8) is 0 Å². The van der Waals surface area contributed by atoms with Gasteiger partial charge in [-0.25, -0.2) is 14.1 Å². The molecule has 1 N–H and O–H groups in total. The smallest absolute Gasteiger partial charge is 0.258 e. The van der Waals surface area contributed by atoms with Gasteiger partial charge in [0.05, 0.1) is 22.8 Å². The number of thioether (sulfide) groups is 1. The van der Waals surface area contributed by atoms with Crippen molar-refractivity contribution in [3.05, 3.63) is 75.5 Å². The van der Waals surface area contributed by atoms with E-state index >= 15 is 0 Å². The fourth-order valence-electron chi connectivity index (χ4n) is 2.76. The lowest BCUT2D eigenvalue weighted by Crippen LogP contribution is -2.17. The number of thiazole rings is 1. The van der Waals surface area contributed by atoms with Crippen LogP contribution in [0.2, 0.25) is 0 Å². The first-order valence-electron chi connectivity index (χ1n) is 8.65. The van der Waals surface area contributed by atoms with Crippen molar-refractivity contribution in [1.82, 2.24) is 19.2 Å². The summed E-state index contributed by atoms with van der Waals surface area (Å²) in [6.07, 6.45) is 1.69. The summed E-state index contributed by atoms with van der Waals surface area (Å²) in [4.78, 5) is 29.4. The first-order chi connectivity index (χ1) is 14.0. The molecule has 148 valence electrons. The van der Waals surface area contributed by atoms with E-state index in [-0.39, 0.29) is 23.0 Å². The first kappa shape index (κ1) is 19.3. The molecule has 0 radical (unpaired) electrons. The van der Waals surface area contributed by atoms with Crippen LogP contribution in [-0.2, 0) is 10.5 Å². The maximum Gasteiger partial charge on any atom is 0.258 e. The molecule has 0 fully saturated rings. The molecule has 10 heteroatoms. The molecule has 4 rings (SSSR count). The van der Waals surface area contributed by atoms with Crippen LogP contribution in [0.25, 0.3) is 10.6 Å². The first-order valence-corrected chi connectivity index (χ1v) is 10.7. The second-order valence-corrected chi connectivity index (χ2v) is 8.10. The summed E-state index contributed by atoms with van der Waals surface area (Å²) in [6, 6.07) is 9.10. The molecule has 29 heavy (non-hydrogen) atoms. The summed E-state index contributed by atoms with van der Waals surface area (Å²) in [5.74, 6) is 0.615. The van der Waals surface area contributed by atoms with Gasteiger partial charge in [-0.15, -0.1) is 23.1 Å². The normalized spacial score (nSPS) is 11.1. The number of aryl methyl sites for hydroxylation is 1. The highest BCUT2D eigenvalue weighted by atomic mass is 32.2. The third-order valence-corrected chi connectivity index (χ3v) is 5.73. The molecule has 0 aliphatic heterocycles. The minimum Gasteiger partial charge on any atom is -0.310 e. The van der Waals surface area contributed by atoms with Gasteiger partial charge in [0.2, 0.25) is 5.91 Å². The number of carbonyl (C=O) groups excluding carboxylic acids is 1. The molecule has 0 spiro atoms. The van der Waals surface area contributed by atoms with Crippen molar-refractivity contribution in [1.29, 1.82) is 0 Å². The summed E-state index contributed by atoms with van der Waals surface area (Å²) in [5.41, 5.74) is 1.89. The Morgan fingerprint density at radius 2 is 2.07 bits per heavy atom. The minimum atomic E-state index is -0.339. The largest absolute Gasteiger partial charge is 0.310 e. The Hall–Kier alpha value is -2.98. The van der Waals surface area contributed by atoms with E-state index in [0.29, 0.717) is 27.9 Å². The highest BCUT2D eigenvalue weighted by Gasteiger charge is 2.12. The molecular weight excluding hydrogens is 413 g/mol. The zero-order chi connectivity index (χ0) is 20.4. The van der Waals surface area contributed by atoms with Crippen LogP contribution < -0.4 is 10.9 Å². The zero-order valence-electron chi connectivity index (χ0n) is 15.3. The van der Waals surface area contributed by atoms with E-state index in [1.807, 2.05) is 6.92 Å². The van der Waals surface area contributed by atoms with Crippen LogP contribution in [0.5, 0.6) is 0 Å². The van der Waals surface area contributed by atoms with Crippen molar-refractivity contribution < 1.29 is 9.18 Å². The summed E-state index contributed by atoms with van der Waals surface area (Å²) in [5, 5.41) is 8.99. The van der Waals surface area contributed by atoms with Gasteiger partial charge in [0.15, 0.2) is 4.96 Å². The third kappa shape index (κ3) is 4.38. The summed E-state index contributed by atoms with van der Waals surface area (Å²) < 4.78 is 16.2. The van der Waals surface area contributed by atoms with Gasteiger partial charge in [0.1, 0.15) is 11.6 Å². The number of anilines is 1. The maximum atomic E-state index is 13.2. The Labute approximate surface area is 173 Å². The van der Waals surface area contributed by atoms with Gasteiger partial charge in [0.25, 0.3) is 5.56 Å². The van der Waals surface area contributed by atoms with Crippen LogP contribution in [0.3, 0.4) is 0 Å².